The number of carbonyl (C=O) groups is 1. The van der Waals surface area contributed by atoms with Crippen LogP contribution in [0.5, 0.6) is 5.75 Å². The Morgan fingerprint density at radius 3 is 2.58 bits per heavy atom. The zero-order valence-electron chi connectivity index (χ0n) is 19.7. The molecule has 4 N–H and O–H groups in total. The van der Waals surface area contributed by atoms with Crippen molar-refractivity contribution >= 4 is 23.5 Å². The maximum Gasteiger partial charge on any atom is 0.274 e. The Labute approximate surface area is 195 Å². The topological polar surface area (TPSA) is 110 Å². The Bertz CT molecular complexity index is 1020. The van der Waals surface area contributed by atoms with Gasteiger partial charge in [-0.15, -0.1) is 0 Å². The molecule has 0 atom stereocenters. The second kappa shape index (κ2) is 11.7. The monoisotopic (exact) mass is 452 g/mol. The van der Waals surface area contributed by atoms with Crippen LogP contribution < -0.4 is 21.3 Å². The molecule has 33 heavy (non-hydrogen) atoms. The molecule has 1 heterocycles. The van der Waals surface area contributed by atoms with E-state index in [9.17, 15) is 9.59 Å². The molecule has 2 saturated carbocycles. The molecule has 7 nitrogen and oxygen atoms in total. The van der Waals surface area contributed by atoms with Crippen LogP contribution in [0.1, 0.15) is 86.7 Å². The van der Waals surface area contributed by atoms with Gasteiger partial charge in [-0.2, -0.15) is 0 Å². The van der Waals surface area contributed by atoms with E-state index < -0.39 is 5.91 Å². The fourth-order valence-electron chi connectivity index (χ4n) is 4.40. The van der Waals surface area contributed by atoms with E-state index in [2.05, 4.69) is 12.2 Å². The van der Waals surface area contributed by atoms with E-state index >= 15 is 0 Å². The van der Waals surface area contributed by atoms with Crippen LogP contribution in [0.2, 0.25) is 0 Å². The average Bonchev–Trinajstić information content (AvgIpc) is 3.67. The summed E-state index contributed by atoms with van der Waals surface area (Å²) in [5, 5.41) is 9.98. The molecule has 0 radical (unpaired) electrons. The molecule has 0 aliphatic heterocycles. The predicted molar refractivity (Wildman–Crippen MR) is 134 cm³/mol. The lowest BCUT2D eigenvalue weighted by Gasteiger charge is -2.20. The number of pyridine rings is 1. The molecule has 1 aromatic heterocycles. The molecule has 7 heteroatoms. The Kier molecular flexibility index (Phi) is 8.69. The number of methoxy groups -OCH3 is 1. The number of anilines is 2. The third kappa shape index (κ3) is 6.46. The number of nitrogens with one attached hydrogen (secondary N) is 2. The summed E-state index contributed by atoms with van der Waals surface area (Å²) in [7, 11) is 1.43. The molecule has 1 amide bonds. The van der Waals surface area contributed by atoms with E-state index in [1.165, 1.54) is 64.2 Å². The summed E-state index contributed by atoms with van der Waals surface area (Å²) in [6, 6.07) is 6.49. The first-order valence-corrected chi connectivity index (χ1v) is 12.0. The van der Waals surface area contributed by atoms with Crippen molar-refractivity contribution in [2.45, 2.75) is 70.8 Å². The average molecular weight is 453 g/mol. The van der Waals surface area contributed by atoms with Gasteiger partial charge >= 0.3 is 0 Å². The Morgan fingerprint density at radius 1 is 1.24 bits per heavy atom. The number of ether oxygens (including phenoxy) is 1. The smallest absolute Gasteiger partial charge is 0.274 e. The summed E-state index contributed by atoms with van der Waals surface area (Å²) in [5.41, 5.74) is 6.75. The normalized spacial score (nSPS) is 15.8. The lowest BCUT2D eigenvalue weighted by molar-refractivity contribution is 0.102. The van der Waals surface area contributed by atoms with Crippen molar-refractivity contribution in [1.29, 1.82) is 5.41 Å². The van der Waals surface area contributed by atoms with E-state index in [0.717, 1.165) is 25.0 Å². The van der Waals surface area contributed by atoms with Gasteiger partial charge in [-0.25, -0.2) is 0 Å². The van der Waals surface area contributed by atoms with Crippen LogP contribution in [-0.2, 0) is 0 Å². The van der Waals surface area contributed by atoms with E-state index in [1.807, 2.05) is 0 Å². The van der Waals surface area contributed by atoms with Crippen molar-refractivity contribution in [2.75, 3.05) is 18.2 Å². The molecule has 2 aliphatic carbocycles. The molecule has 178 valence electrons. The first-order valence-electron chi connectivity index (χ1n) is 12.0. The summed E-state index contributed by atoms with van der Waals surface area (Å²) in [6.45, 7) is 2.30. The number of carbonyl (C=O) groups excluding carboxylic acids is 1. The fourth-order valence-corrected chi connectivity index (χ4v) is 4.40. The van der Waals surface area contributed by atoms with Crippen molar-refractivity contribution in [1.82, 2.24) is 4.57 Å². The van der Waals surface area contributed by atoms with Gasteiger partial charge in [0.05, 0.1) is 12.7 Å². The van der Waals surface area contributed by atoms with Gasteiger partial charge in [0.2, 0.25) is 0 Å². The van der Waals surface area contributed by atoms with Gasteiger partial charge in [0.15, 0.2) is 0 Å². The molecular weight excluding hydrogens is 416 g/mol. The van der Waals surface area contributed by atoms with Gasteiger partial charge in [0.1, 0.15) is 11.4 Å². The third-order valence-corrected chi connectivity index (χ3v) is 6.39. The number of hydrogen-bond donors (Lipinski definition) is 3. The van der Waals surface area contributed by atoms with Crippen LogP contribution >= 0.6 is 0 Å². The molecule has 1 aromatic carbocycles. The maximum absolute atomic E-state index is 12.6. The highest BCUT2D eigenvalue weighted by molar-refractivity contribution is 6.07. The van der Waals surface area contributed by atoms with Gasteiger partial charge in [-0.3, -0.25) is 9.59 Å². The minimum Gasteiger partial charge on any atom is -0.496 e. The number of aromatic nitrogens is 1. The predicted octanol–water partition coefficient (Wildman–Crippen LogP) is 5.39. The van der Waals surface area contributed by atoms with Crippen molar-refractivity contribution in [2.24, 2.45) is 5.92 Å². The number of hydrogen-bond acceptors (Lipinski definition) is 5. The maximum atomic E-state index is 12.6. The summed E-state index contributed by atoms with van der Waals surface area (Å²) in [6.07, 6.45) is 15.2. The molecule has 4 rings (SSSR count). The lowest BCUT2D eigenvalue weighted by Crippen LogP contribution is -2.25. The number of rotatable bonds is 7. The van der Waals surface area contributed by atoms with Crippen molar-refractivity contribution in [3.63, 3.8) is 0 Å². The number of benzene rings is 1. The van der Waals surface area contributed by atoms with Gasteiger partial charge in [-0.1, -0.05) is 51.9 Å². The van der Waals surface area contributed by atoms with Crippen LogP contribution in [0.25, 0.3) is 0 Å². The molecular formula is C26H36N4O3. The quantitative estimate of drug-likeness (QED) is 0.386. The second-order valence-electron chi connectivity index (χ2n) is 8.94. The van der Waals surface area contributed by atoms with Crippen LogP contribution in [0.15, 0.2) is 35.3 Å². The van der Waals surface area contributed by atoms with Crippen LogP contribution in [0.4, 0.5) is 11.4 Å². The van der Waals surface area contributed by atoms with Gasteiger partial charge in [0.25, 0.3) is 11.5 Å². The Hall–Kier alpha value is -3.09. The first-order chi connectivity index (χ1) is 16.0. The van der Waals surface area contributed by atoms with Crippen LogP contribution in [0.3, 0.4) is 0 Å². The molecule has 0 bridgehead atoms. The lowest BCUT2D eigenvalue weighted by atomic mass is 9.86. The number of amides is 1. The minimum absolute atomic E-state index is 0.213. The molecule has 0 spiro atoms. The summed E-state index contributed by atoms with van der Waals surface area (Å²) in [4.78, 5) is 25.0. The molecule has 2 fully saturated rings. The number of nitrogens with zero attached hydrogens (tertiary/aromatic N) is 1. The van der Waals surface area contributed by atoms with E-state index in [4.69, 9.17) is 15.9 Å². The van der Waals surface area contributed by atoms with Crippen molar-refractivity contribution < 1.29 is 9.53 Å². The fraction of sp³-hybridized carbons (Fsp3) is 0.500. The van der Waals surface area contributed by atoms with Gasteiger partial charge < -0.3 is 25.8 Å². The molecule has 2 aliphatic rings. The zero-order valence-corrected chi connectivity index (χ0v) is 19.7. The molecule has 2 aromatic rings. The highest BCUT2D eigenvalue weighted by atomic mass is 16.5. The highest BCUT2D eigenvalue weighted by Crippen LogP contribution is 2.33. The minimum atomic E-state index is -0.486. The first kappa shape index (κ1) is 24.6. The molecule has 0 saturated heterocycles. The van der Waals surface area contributed by atoms with Gasteiger partial charge in [-0.05, 0) is 37.0 Å². The van der Waals surface area contributed by atoms with Gasteiger partial charge in [0, 0.05) is 35.8 Å². The van der Waals surface area contributed by atoms with E-state index in [-0.39, 0.29) is 28.6 Å². The third-order valence-electron chi connectivity index (χ3n) is 6.39. The number of nitrogens with two attached hydrogens (primary N) is 1. The van der Waals surface area contributed by atoms with Crippen molar-refractivity contribution in [3.05, 3.63) is 51.9 Å². The zero-order chi connectivity index (χ0) is 23.8. The van der Waals surface area contributed by atoms with Crippen molar-refractivity contribution in [3.8, 4) is 5.75 Å². The SMILES string of the molecule is CCCC1CCCCC1.COc1cc(N)c(C=N)cc1C(=O)Nc1cccn(C2CC2)c1=O. The van der Waals surface area contributed by atoms with E-state index in [0.29, 0.717) is 11.3 Å². The Morgan fingerprint density at radius 2 is 1.97 bits per heavy atom. The van der Waals surface area contributed by atoms with E-state index in [1.54, 1.807) is 22.9 Å². The number of nitrogen functional groups attached to an aromatic ring is 1. The van der Waals surface area contributed by atoms with Crippen LogP contribution in [0, 0.1) is 11.3 Å². The Balaban J connectivity index is 0.000000286. The standard InChI is InChI=1S/C17H18N4O3.C9H18/c1-24-15-8-13(19)10(9-18)7-12(15)16(22)20-14-3-2-6-21(17(14)23)11-4-5-11;1-2-6-9-7-4-3-5-8-9/h2-3,6-9,11,18H,4-5,19H2,1H3,(H,20,22);9H,2-8H2,1H3. The molecule has 0 unspecified atom stereocenters. The van der Waals surface area contributed by atoms with Crippen LogP contribution in [-0.4, -0.2) is 23.8 Å². The highest BCUT2D eigenvalue weighted by Gasteiger charge is 2.25. The summed E-state index contributed by atoms with van der Waals surface area (Å²) < 4.78 is 6.83. The summed E-state index contributed by atoms with van der Waals surface area (Å²) >= 11 is 0. The summed E-state index contributed by atoms with van der Waals surface area (Å²) in [5.74, 6) is 0.901. The second-order valence-corrected chi connectivity index (χ2v) is 8.94. The largest absolute Gasteiger partial charge is 0.496 e.